The van der Waals surface area contributed by atoms with Crippen molar-refractivity contribution < 1.29 is 4.79 Å². The first-order valence-corrected chi connectivity index (χ1v) is 6.59. The van der Waals surface area contributed by atoms with Crippen LogP contribution in [0, 0.1) is 6.92 Å². The van der Waals surface area contributed by atoms with Crippen LogP contribution in [0.5, 0.6) is 0 Å². The third-order valence-corrected chi connectivity index (χ3v) is 3.68. The number of benzene rings is 1. The summed E-state index contributed by atoms with van der Waals surface area (Å²) in [5.41, 5.74) is 1.63. The second kappa shape index (κ2) is 5.28. The molecule has 1 amide bonds. The molecule has 1 aromatic carbocycles. The van der Waals surface area contributed by atoms with Crippen LogP contribution >= 0.6 is 23.2 Å². The summed E-state index contributed by atoms with van der Waals surface area (Å²) >= 11 is 12.2. The number of amides is 1. The monoisotopic (exact) mass is 271 g/mol. The van der Waals surface area contributed by atoms with Gasteiger partial charge in [0.05, 0.1) is 16.0 Å². The van der Waals surface area contributed by atoms with Gasteiger partial charge in [-0.2, -0.15) is 0 Å². The third-order valence-electron chi connectivity index (χ3n) is 3.01. The summed E-state index contributed by atoms with van der Waals surface area (Å²) in [4.78, 5) is 14.0. The number of hydrogen-bond acceptors (Lipinski definition) is 1. The van der Waals surface area contributed by atoms with Gasteiger partial charge in [-0.3, -0.25) is 4.79 Å². The molecule has 1 atom stereocenters. The number of carbonyl (C=O) groups excluding carboxylic acids is 1. The van der Waals surface area contributed by atoms with Crippen molar-refractivity contribution in [2.45, 2.75) is 25.1 Å². The molecule has 92 valence electrons. The maximum Gasteiger partial charge on any atom is 0.255 e. The van der Waals surface area contributed by atoms with Crippen molar-refractivity contribution in [2.75, 3.05) is 13.1 Å². The van der Waals surface area contributed by atoms with Crippen LogP contribution in [-0.4, -0.2) is 29.3 Å². The minimum absolute atomic E-state index is 0.0136. The molecule has 1 aliphatic heterocycles. The van der Waals surface area contributed by atoms with Crippen molar-refractivity contribution in [3.8, 4) is 0 Å². The Balaban J connectivity index is 2.18. The van der Waals surface area contributed by atoms with Crippen molar-refractivity contribution in [3.63, 3.8) is 0 Å². The van der Waals surface area contributed by atoms with Gasteiger partial charge < -0.3 is 4.90 Å². The number of rotatable bonds is 1. The lowest BCUT2D eigenvalue weighted by atomic mass is 10.1. The lowest BCUT2D eigenvalue weighted by molar-refractivity contribution is 0.0727. The lowest BCUT2D eigenvalue weighted by Crippen LogP contribution is -2.40. The second-order valence-electron chi connectivity index (χ2n) is 4.47. The minimum atomic E-state index is -0.0136. The van der Waals surface area contributed by atoms with Crippen molar-refractivity contribution in [3.05, 3.63) is 34.3 Å². The Kier molecular flexibility index (Phi) is 3.95. The predicted octanol–water partition coefficient (Wildman–Crippen LogP) is 3.49. The molecule has 1 heterocycles. The molecule has 0 radical (unpaired) electrons. The molecular weight excluding hydrogens is 257 g/mol. The fourth-order valence-corrected chi connectivity index (χ4v) is 2.71. The van der Waals surface area contributed by atoms with Gasteiger partial charge in [0.1, 0.15) is 0 Å². The Morgan fingerprint density at radius 2 is 2.24 bits per heavy atom. The van der Waals surface area contributed by atoms with E-state index in [9.17, 15) is 4.79 Å². The van der Waals surface area contributed by atoms with Crippen LogP contribution in [0.15, 0.2) is 18.2 Å². The van der Waals surface area contributed by atoms with Crippen molar-refractivity contribution in [2.24, 2.45) is 0 Å². The van der Waals surface area contributed by atoms with E-state index in [1.165, 1.54) is 0 Å². The topological polar surface area (TPSA) is 20.3 Å². The summed E-state index contributed by atoms with van der Waals surface area (Å²) in [6.45, 7) is 3.34. The molecule has 1 fully saturated rings. The van der Waals surface area contributed by atoms with Crippen LogP contribution in [0.4, 0.5) is 0 Å². The van der Waals surface area contributed by atoms with Crippen molar-refractivity contribution >= 4 is 29.1 Å². The maximum absolute atomic E-state index is 12.3. The quantitative estimate of drug-likeness (QED) is 0.716. The first kappa shape index (κ1) is 12.7. The first-order chi connectivity index (χ1) is 8.08. The molecule has 0 N–H and O–H groups in total. The number of nitrogens with zero attached hydrogens (tertiary/aromatic N) is 1. The SMILES string of the molecule is Cc1ccc(C(=O)N2CCCC(Cl)C2)c(Cl)c1. The Morgan fingerprint density at radius 3 is 2.88 bits per heavy atom. The Morgan fingerprint density at radius 1 is 1.47 bits per heavy atom. The van der Waals surface area contributed by atoms with Crippen LogP contribution < -0.4 is 0 Å². The highest BCUT2D eigenvalue weighted by atomic mass is 35.5. The molecule has 0 spiro atoms. The van der Waals surface area contributed by atoms with Crippen LogP contribution in [0.2, 0.25) is 5.02 Å². The Bertz CT molecular complexity index is 433. The molecule has 1 unspecified atom stereocenters. The molecule has 0 aliphatic carbocycles. The average molecular weight is 272 g/mol. The zero-order valence-corrected chi connectivity index (χ0v) is 11.3. The molecule has 4 heteroatoms. The third kappa shape index (κ3) is 2.93. The van der Waals surface area contributed by atoms with Gasteiger partial charge in [0.15, 0.2) is 0 Å². The smallest absolute Gasteiger partial charge is 0.255 e. The van der Waals surface area contributed by atoms with E-state index in [0.29, 0.717) is 17.1 Å². The molecule has 2 rings (SSSR count). The molecule has 1 aliphatic rings. The lowest BCUT2D eigenvalue weighted by Gasteiger charge is -2.30. The molecule has 0 saturated carbocycles. The minimum Gasteiger partial charge on any atom is -0.337 e. The second-order valence-corrected chi connectivity index (χ2v) is 5.50. The largest absolute Gasteiger partial charge is 0.337 e. The highest BCUT2D eigenvalue weighted by Crippen LogP contribution is 2.22. The molecule has 2 nitrogen and oxygen atoms in total. The maximum atomic E-state index is 12.3. The predicted molar refractivity (Wildman–Crippen MR) is 71.0 cm³/mol. The zero-order valence-electron chi connectivity index (χ0n) is 9.75. The van der Waals surface area contributed by atoms with Crippen molar-refractivity contribution in [1.29, 1.82) is 0 Å². The number of aryl methyl sites for hydroxylation is 1. The summed E-state index contributed by atoms with van der Waals surface area (Å²) in [7, 11) is 0. The summed E-state index contributed by atoms with van der Waals surface area (Å²) < 4.78 is 0. The summed E-state index contributed by atoms with van der Waals surface area (Å²) in [6, 6.07) is 5.51. The molecule has 1 saturated heterocycles. The zero-order chi connectivity index (χ0) is 12.4. The van der Waals surface area contributed by atoms with Gasteiger partial charge >= 0.3 is 0 Å². The van der Waals surface area contributed by atoms with E-state index >= 15 is 0 Å². The van der Waals surface area contributed by atoms with Crippen LogP contribution in [0.3, 0.4) is 0 Å². The van der Waals surface area contributed by atoms with Gasteiger partial charge in [0.2, 0.25) is 0 Å². The molecule has 1 aromatic rings. The molecular formula is C13H15Cl2NO. The van der Waals surface area contributed by atoms with Crippen LogP contribution in [-0.2, 0) is 0 Å². The van der Waals surface area contributed by atoms with E-state index in [0.717, 1.165) is 24.9 Å². The van der Waals surface area contributed by atoms with Crippen LogP contribution in [0.25, 0.3) is 0 Å². The first-order valence-electron chi connectivity index (χ1n) is 5.77. The van der Waals surface area contributed by atoms with E-state index in [2.05, 4.69) is 0 Å². The molecule has 0 bridgehead atoms. The van der Waals surface area contributed by atoms with Gasteiger partial charge in [-0.25, -0.2) is 0 Å². The van der Waals surface area contributed by atoms with Crippen LogP contribution in [0.1, 0.15) is 28.8 Å². The summed E-state index contributed by atoms with van der Waals surface area (Å²) in [6.07, 6.45) is 1.94. The Hall–Kier alpha value is -0.730. The number of carbonyl (C=O) groups is 1. The van der Waals surface area contributed by atoms with Gasteiger partial charge in [-0.15, -0.1) is 11.6 Å². The van der Waals surface area contributed by atoms with Gasteiger partial charge in [-0.1, -0.05) is 17.7 Å². The number of hydrogen-bond donors (Lipinski definition) is 0. The van der Waals surface area contributed by atoms with Gasteiger partial charge in [-0.05, 0) is 37.5 Å². The number of likely N-dealkylation sites (tertiary alicyclic amines) is 1. The summed E-state index contributed by atoms with van der Waals surface area (Å²) in [5.74, 6) is -0.0136. The van der Waals surface area contributed by atoms with Crippen molar-refractivity contribution in [1.82, 2.24) is 4.90 Å². The number of piperidine rings is 1. The van der Waals surface area contributed by atoms with E-state index in [-0.39, 0.29) is 11.3 Å². The van der Waals surface area contributed by atoms with E-state index in [4.69, 9.17) is 23.2 Å². The number of halogens is 2. The van der Waals surface area contributed by atoms with E-state index in [1.54, 1.807) is 11.0 Å². The average Bonchev–Trinajstić information content (AvgIpc) is 2.28. The standard InChI is InChI=1S/C13H15Cl2NO/c1-9-4-5-11(12(15)7-9)13(17)16-6-2-3-10(14)8-16/h4-5,7,10H,2-3,6,8H2,1H3. The highest BCUT2D eigenvalue weighted by molar-refractivity contribution is 6.33. The van der Waals surface area contributed by atoms with E-state index < -0.39 is 0 Å². The highest BCUT2D eigenvalue weighted by Gasteiger charge is 2.24. The fraction of sp³-hybridized carbons (Fsp3) is 0.462. The summed E-state index contributed by atoms with van der Waals surface area (Å²) in [5, 5.41) is 0.587. The molecule has 0 aromatic heterocycles. The van der Waals surface area contributed by atoms with Gasteiger partial charge in [0.25, 0.3) is 5.91 Å². The van der Waals surface area contributed by atoms with E-state index in [1.807, 2.05) is 19.1 Å². The number of alkyl halides is 1. The van der Waals surface area contributed by atoms with Gasteiger partial charge in [0, 0.05) is 13.1 Å². The fourth-order valence-electron chi connectivity index (χ4n) is 2.07. The normalized spacial score (nSPS) is 20.4. The Labute approximate surface area is 112 Å². The molecule has 17 heavy (non-hydrogen) atoms.